The van der Waals surface area contributed by atoms with Crippen LogP contribution < -0.4 is 11.3 Å². The van der Waals surface area contributed by atoms with Crippen LogP contribution in [0.2, 0.25) is 0 Å². The number of aromatic nitrogens is 2. The van der Waals surface area contributed by atoms with Crippen LogP contribution in [0.15, 0.2) is 36.4 Å². The van der Waals surface area contributed by atoms with Crippen molar-refractivity contribution in [3.05, 3.63) is 53.3 Å². The van der Waals surface area contributed by atoms with Gasteiger partial charge in [0, 0.05) is 7.05 Å². The van der Waals surface area contributed by atoms with Crippen molar-refractivity contribution in [2.75, 3.05) is 0 Å². The normalized spacial score (nSPS) is 12.6. The quantitative estimate of drug-likeness (QED) is 0.601. The number of nitrogens with one attached hydrogen (secondary N) is 1. The second-order valence-electron chi connectivity index (χ2n) is 5.13. The molecule has 1 aromatic heterocycles. The summed E-state index contributed by atoms with van der Waals surface area (Å²) in [5.41, 5.74) is 6.58. The fourth-order valence-corrected chi connectivity index (χ4v) is 2.51. The third kappa shape index (κ3) is 3.68. The summed E-state index contributed by atoms with van der Waals surface area (Å²) in [4.78, 5) is 0. The standard InChI is InChI=1S/C16H24N4/c1-3-14-12-16(20(2)19-14)15(18-17)11-7-10-13-8-5-4-6-9-13/h4-6,8-9,12,15,18H,3,7,10-11,17H2,1-2H3. The second-order valence-corrected chi connectivity index (χ2v) is 5.13. The highest BCUT2D eigenvalue weighted by molar-refractivity contribution is 5.16. The summed E-state index contributed by atoms with van der Waals surface area (Å²) in [5.74, 6) is 5.71. The molecule has 3 N–H and O–H groups in total. The maximum atomic E-state index is 5.71. The molecule has 0 saturated heterocycles. The topological polar surface area (TPSA) is 55.9 Å². The van der Waals surface area contributed by atoms with Crippen LogP contribution in [0.4, 0.5) is 0 Å². The summed E-state index contributed by atoms with van der Waals surface area (Å²) in [6, 6.07) is 12.9. The van der Waals surface area contributed by atoms with Crippen molar-refractivity contribution >= 4 is 0 Å². The molecule has 20 heavy (non-hydrogen) atoms. The molecule has 0 aliphatic rings. The molecule has 1 unspecified atom stereocenters. The lowest BCUT2D eigenvalue weighted by Crippen LogP contribution is -2.29. The molecule has 4 nitrogen and oxygen atoms in total. The highest BCUT2D eigenvalue weighted by atomic mass is 15.3. The molecule has 0 saturated carbocycles. The lowest BCUT2D eigenvalue weighted by Gasteiger charge is -2.16. The molecule has 0 spiro atoms. The Morgan fingerprint density at radius 2 is 2.05 bits per heavy atom. The van der Waals surface area contributed by atoms with E-state index in [1.54, 1.807) is 0 Å². The second kappa shape index (κ2) is 7.22. The lowest BCUT2D eigenvalue weighted by molar-refractivity contribution is 0.466. The zero-order chi connectivity index (χ0) is 14.4. The van der Waals surface area contributed by atoms with Gasteiger partial charge in [0.25, 0.3) is 0 Å². The average molecular weight is 272 g/mol. The Hall–Kier alpha value is -1.65. The van der Waals surface area contributed by atoms with Gasteiger partial charge in [-0.15, -0.1) is 0 Å². The van der Waals surface area contributed by atoms with Crippen LogP contribution in [0.1, 0.15) is 42.8 Å². The molecule has 2 rings (SSSR count). The first-order valence-corrected chi connectivity index (χ1v) is 7.27. The van der Waals surface area contributed by atoms with Crippen molar-refractivity contribution < 1.29 is 0 Å². The molecule has 0 fully saturated rings. The molecule has 1 aromatic carbocycles. The zero-order valence-electron chi connectivity index (χ0n) is 12.3. The van der Waals surface area contributed by atoms with Crippen LogP contribution in [0.3, 0.4) is 0 Å². The van der Waals surface area contributed by atoms with Crippen molar-refractivity contribution in [3.8, 4) is 0 Å². The molecule has 0 bridgehead atoms. The van der Waals surface area contributed by atoms with Crippen molar-refractivity contribution in [1.29, 1.82) is 0 Å². The number of hydrazine groups is 1. The first-order chi connectivity index (χ1) is 9.74. The van der Waals surface area contributed by atoms with Gasteiger partial charge in [-0.3, -0.25) is 16.0 Å². The van der Waals surface area contributed by atoms with Crippen LogP contribution in [-0.4, -0.2) is 9.78 Å². The van der Waals surface area contributed by atoms with Crippen LogP contribution in [-0.2, 0) is 19.9 Å². The Kier molecular flexibility index (Phi) is 5.32. The van der Waals surface area contributed by atoms with E-state index in [0.717, 1.165) is 37.1 Å². The highest BCUT2D eigenvalue weighted by Crippen LogP contribution is 2.20. The van der Waals surface area contributed by atoms with E-state index in [0.29, 0.717) is 0 Å². The Morgan fingerprint density at radius 3 is 2.65 bits per heavy atom. The van der Waals surface area contributed by atoms with Gasteiger partial charge in [0.05, 0.1) is 17.4 Å². The minimum atomic E-state index is 0.163. The van der Waals surface area contributed by atoms with Gasteiger partial charge in [-0.25, -0.2) is 0 Å². The van der Waals surface area contributed by atoms with E-state index in [9.17, 15) is 0 Å². The molecular weight excluding hydrogens is 248 g/mol. The van der Waals surface area contributed by atoms with Gasteiger partial charge in [-0.05, 0) is 37.3 Å². The summed E-state index contributed by atoms with van der Waals surface area (Å²) in [5, 5.41) is 4.49. The van der Waals surface area contributed by atoms with E-state index in [-0.39, 0.29) is 6.04 Å². The fraction of sp³-hybridized carbons (Fsp3) is 0.438. The summed E-state index contributed by atoms with van der Waals surface area (Å²) >= 11 is 0. The van der Waals surface area contributed by atoms with Crippen molar-refractivity contribution in [2.24, 2.45) is 12.9 Å². The summed E-state index contributed by atoms with van der Waals surface area (Å²) in [6.07, 6.45) is 4.15. The first-order valence-electron chi connectivity index (χ1n) is 7.27. The van der Waals surface area contributed by atoms with Crippen LogP contribution in [0.5, 0.6) is 0 Å². The molecule has 0 aliphatic heterocycles. The van der Waals surface area contributed by atoms with Gasteiger partial charge in [0.15, 0.2) is 0 Å². The molecule has 108 valence electrons. The van der Waals surface area contributed by atoms with E-state index < -0.39 is 0 Å². The number of hydrogen-bond donors (Lipinski definition) is 2. The minimum absolute atomic E-state index is 0.163. The first kappa shape index (κ1) is 14.8. The third-order valence-electron chi connectivity index (χ3n) is 3.69. The maximum absolute atomic E-state index is 5.71. The minimum Gasteiger partial charge on any atom is -0.271 e. The maximum Gasteiger partial charge on any atom is 0.0629 e. The Bertz CT molecular complexity index is 519. The Morgan fingerprint density at radius 1 is 1.30 bits per heavy atom. The van der Waals surface area contributed by atoms with E-state index in [4.69, 9.17) is 5.84 Å². The number of nitrogens with zero attached hydrogens (tertiary/aromatic N) is 2. The van der Waals surface area contributed by atoms with Crippen molar-refractivity contribution in [1.82, 2.24) is 15.2 Å². The number of rotatable bonds is 7. The van der Waals surface area contributed by atoms with Gasteiger partial charge in [0.1, 0.15) is 0 Å². The number of hydrogen-bond acceptors (Lipinski definition) is 3. The zero-order valence-corrected chi connectivity index (χ0v) is 12.3. The predicted octanol–water partition coefficient (Wildman–Crippen LogP) is 2.51. The van der Waals surface area contributed by atoms with Gasteiger partial charge < -0.3 is 0 Å². The molecule has 4 heteroatoms. The molecule has 1 atom stereocenters. The predicted molar refractivity (Wildman–Crippen MR) is 82.0 cm³/mol. The smallest absolute Gasteiger partial charge is 0.0629 e. The Labute approximate surface area is 121 Å². The molecule has 0 radical (unpaired) electrons. The van der Waals surface area contributed by atoms with Gasteiger partial charge in [-0.1, -0.05) is 37.3 Å². The summed E-state index contributed by atoms with van der Waals surface area (Å²) < 4.78 is 1.94. The number of nitrogens with two attached hydrogens (primary N) is 1. The van der Waals surface area contributed by atoms with E-state index in [1.165, 1.54) is 5.56 Å². The summed E-state index contributed by atoms with van der Waals surface area (Å²) in [7, 11) is 1.98. The van der Waals surface area contributed by atoms with Gasteiger partial charge in [-0.2, -0.15) is 5.10 Å². The summed E-state index contributed by atoms with van der Waals surface area (Å²) in [6.45, 7) is 2.12. The molecule has 1 heterocycles. The molecule has 2 aromatic rings. The van der Waals surface area contributed by atoms with Gasteiger partial charge >= 0.3 is 0 Å². The van der Waals surface area contributed by atoms with Crippen LogP contribution in [0, 0.1) is 0 Å². The monoisotopic (exact) mass is 272 g/mol. The van der Waals surface area contributed by atoms with E-state index in [2.05, 4.69) is 53.8 Å². The number of benzene rings is 1. The lowest BCUT2D eigenvalue weighted by atomic mass is 10.0. The largest absolute Gasteiger partial charge is 0.271 e. The highest BCUT2D eigenvalue weighted by Gasteiger charge is 2.14. The fourth-order valence-electron chi connectivity index (χ4n) is 2.51. The molecule has 0 amide bonds. The Balaban J connectivity index is 1.93. The molecule has 0 aliphatic carbocycles. The molecular formula is C16H24N4. The SMILES string of the molecule is CCc1cc(C(CCCc2ccccc2)NN)n(C)n1. The average Bonchev–Trinajstić information content (AvgIpc) is 2.86. The van der Waals surface area contributed by atoms with Crippen molar-refractivity contribution in [2.45, 2.75) is 38.6 Å². The van der Waals surface area contributed by atoms with Crippen LogP contribution >= 0.6 is 0 Å². The van der Waals surface area contributed by atoms with Gasteiger partial charge in [0.2, 0.25) is 0 Å². The van der Waals surface area contributed by atoms with Crippen LogP contribution in [0.25, 0.3) is 0 Å². The van der Waals surface area contributed by atoms with E-state index >= 15 is 0 Å². The number of aryl methyl sites for hydroxylation is 3. The third-order valence-corrected chi connectivity index (χ3v) is 3.69. The van der Waals surface area contributed by atoms with Crippen molar-refractivity contribution in [3.63, 3.8) is 0 Å². The van der Waals surface area contributed by atoms with E-state index in [1.807, 2.05) is 11.7 Å².